The van der Waals surface area contributed by atoms with E-state index in [1.807, 2.05) is 6.20 Å². The molecule has 108 valence electrons. The maximum atomic E-state index is 10.3. The fraction of sp³-hybridized carbons (Fsp3) is 0.357. The van der Waals surface area contributed by atoms with Gasteiger partial charge < -0.3 is 19.9 Å². The topological polar surface area (TPSA) is 63.6 Å². The number of aromatic nitrogens is 1. The summed E-state index contributed by atoms with van der Waals surface area (Å²) in [6, 6.07) is 5.39. The molecule has 1 aromatic carbocycles. The first-order valence-electron chi connectivity index (χ1n) is 6.22. The van der Waals surface area contributed by atoms with E-state index < -0.39 is 6.10 Å². The minimum Gasteiger partial charge on any atom is -0.497 e. The van der Waals surface area contributed by atoms with E-state index in [4.69, 9.17) is 9.47 Å². The Balaban J connectivity index is 1.98. The van der Waals surface area contributed by atoms with Crippen LogP contribution in [0.3, 0.4) is 0 Å². The summed E-state index contributed by atoms with van der Waals surface area (Å²) in [5, 5.41) is 13.5. The van der Waals surface area contributed by atoms with E-state index in [9.17, 15) is 5.11 Å². The van der Waals surface area contributed by atoms with E-state index in [1.165, 1.54) is 0 Å². The highest BCUT2D eigenvalue weighted by Gasteiger charge is 2.14. The average molecular weight is 294 g/mol. The molecule has 1 unspecified atom stereocenters. The van der Waals surface area contributed by atoms with Crippen LogP contribution in [0.1, 0.15) is 16.5 Å². The van der Waals surface area contributed by atoms with Crippen molar-refractivity contribution in [3.8, 4) is 11.5 Å². The van der Waals surface area contributed by atoms with Gasteiger partial charge in [0.2, 0.25) is 0 Å². The van der Waals surface area contributed by atoms with Crippen molar-refractivity contribution in [1.82, 2.24) is 10.3 Å². The van der Waals surface area contributed by atoms with Crippen LogP contribution in [0.2, 0.25) is 0 Å². The van der Waals surface area contributed by atoms with E-state index in [0.29, 0.717) is 30.2 Å². The van der Waals surface area contributed by atoms with Crippen LogP contribution in [0, 0.1) is 0 Å². The van der Waals surface area contributed by atoms with E-state index in [1.54, 1.807) is 49.3 Å². The van der Waals surface area contributed by atoms with Crippen LogP contribution in [0.15, 0.2) is 29.9 Å². The molecule has 0 amide bonds. The molecule has 0 spiro atoms. The van der Waals surface area contributed by atoms with Gasteiger partial charge >= 0.3 is 0 Å². The maximum Gasteiger partial charge on any atom is 0.124 e. The molecule has 0 saturated carbocycles. The van der Waals surface area contributed by atoms with Gasteiger partial charge in [0, 0.05) is 29.7 Å². The number of nitrogens with zero attached hydrogens (tertiary/aromatic N) is 1. The van der Waals surface area contributed by atoms with E-state index >= 15 is 0 Å². The summed E-state index contributed by atoms with van der Waals surface area (Å²) in [7, 11) is 3.18. The van der Waals surface area contributed by atoms with Crippen molar-refractivity contribution in [1.29, 1.82) is 0 Å². The summed E-state index contributed by atoms with van der Waals surface area (Å²) in [6.45, 7) is 1.12. The predicted octanol–water partition coefficient (Wildman–Crippen LogP) is 1.98. The predicted molar refractivity (Wildman–Crippen MR) is 78.3 cm³/mol. The van der Waals surface area contributed by atoms with Crippen LogP contribution in [0.25, 0.3) is 0 Å². The Morgan fingerprint density at radius 2 is 2.20 bits per heavy atom. The van der Waals surface area contributed by atoms with Crippen LogP contribution >= 0.6 is 11.3 Å². The first-order valence-corrected chi connectivity index (χ1v) is 7.10. The molecule has 1 atom stereocenters. The van der Waals surface area contributed by atoms with Gasteiger partial charge in [0.15, 0.2) is 0 Å². The second kappa shape index (κ2) is 7.23. The van der Waals surface area contributed by atoms with E-state index in [2.05, 4.69) is 10.3 Å². The number of ether oxygens (including phenoxy) is 2. The maximum absolute atomic E-state index is 10.3. The molecule has 0 aliphatic heterocycles. The van der Waals surface area contributed by atoms with Gasteiger partial charge in [-0.2, -0.15) is 0 Å². The number of benzene rings is 1. The van der Waals surface area contributed by atoms with Crippen LogP contribution in [-0.2, 0) is 6.54 Å². The van der Waals surface area contributed by atoms with Gasteiger partial charge in [0.1, 0.15) is 11.5 Å². The normalized spacial score (nSPS) is 12.2. The molecular formula is C14H18N2O3S. The van der Waals surface area contributed by atoms with Crippen molar-refractivity contribution >= 4 is 11.3 Å². The molecule has 0 radical (unpaired) electrons. The Labute approximate surface area is 122 Å². The highest BCUT2D eigenvalue weighted by molar-refractivity contribution is 7.09. The fourth-order valence-electron chi connectivity index (χ4n) is 1.87. The summed E-state index contributed by atoms with van der Waals surface area (Å²) < 4.78 is 10.4. The Bertz CT molecular complexity index is 531. The molecule has 0 fully saturated rings. The zero-order chi connectivity index (χ0) is 14.4. The number of nitrogens with one attached hydrogen (secondary N) is 1. The largest absolute Gasteiger partial charge is 0.497 e. The second-order valence-corrected chi connectivity index (χ2v) is 5.19. The molecule has 2 rings (SSSR count). The fourth-order valence-corrected chi connectivity index (χ4v) is 2.44. The van der Waals surface area contributed by atoms with E-state index in [0.717, 1.165) is 4.88 Å². The third-order valence-electron chi connectivity index (χ3n) is 2.92. The minimum atomic E-state index is -0.659. The molecule has 0 bridgehead atoms. The Kier molecular flexibility index (Phi) is 5.34. The molecule has 0 saturated heterocycles. The highest BCUT2D eigenvalue weighted by atomic mass is 32.1. The lowest BCUT2D eigenvalue weighted by molar-refractivity contribution is 0.170. The lowest BCUT2D eigenvalue weighted by Gasteiger charge is -2.16. The SMILES string of the molecule is COc1ccc(OC)c(C(O)CNCc2cncs2)c1. The Morgan fingerprint density at radius 1 is 1.35 bits per heavy atom. The molecule has 1 aromatic heterocycles. The number of hydrogen-bond acceptors (Lipinski definition) is 6. The quantitative estimate of drug-likeness (QED) is 0.817. The van der Waals surface area contributed by atoms with Gasteiger partial charge in [-0.1, -0.05) is 0 Å². The van der Waals surface area contributed by atoms with Gasteiger partial charge in [0.05, 0.1) is 25.8 Å². The van der Waals surface area contributed by atoms with Crippen LogP contribution in [0.4, 0.5) is 0 Å². The summed E-state index contributed by atoms with van der Waals surface area (Å²) in [5.74, 6) is 1.35. The zero-order valence-electron chi connectivity index (χ0n) is 11.5. The summed E-state index contributed by atoms with van der Waals surface area (Å²) in [4.78, 5) is 5.14. The zero-order valence-corrected chi connectivity index (χ0v) is 12.3. The monoisotopic (exact) mass is 294 g/mol. The Hall–Kier alpha value is -1.63. The molecular weight excluding hydrogens is 276 g/mol. The number of thiazole rings is 1. The van der Waals surface area contributed by atoms with Crippen LogP contribution < -0.4 is 14.8 Å². The van der Waals surface area contributed by atoms with Crippen LogP contribution in [-0.4, -0.2) is 30.9 Å². The van der Waals surface area contributed by atoms with Crippen molar-refractivity contribution in [2.45, 2.75) is 12.6 Å². The van der Waals surface area contributed by atoms with Gasteiger partial charge in [-0.15, -0.1) is 11.3 Å². The number of aliphatic hydroxyl groups is 1. The number of aliphatic hydroxyl groups excluding tert-OH is 1. The lowest BCUT2D eigenvalue weighted by Crippen LogP contribution is -2.21. The van der Waals surface area contributed by atoms with Crippen molar-refractivity contribution < 1.29 is 14.6 Å². The van der Waals surface area contributed by atoms with Gasteiger partial charge in [-0.25, -0.2) is 0 Å². The molecule has 0 aliphatic carbocycles. The van der Waals surface area contributed by atoms with Gasteiger partial charge in [-0.05, 0) is 18.2 Å². The van der Waals surface area contributed by atoms with E-state index in [-0.39, 0.29) is 0 Å². The van der Waals surface area contributed by atoms with Gasteiger partial charge in [0.25, 0.3) is 0 Å². The smallest absolute Gasteiger partial charge is 0.124 e. The number of rotatable bonds is 7. The molecule has 2 aromatic rings. The Morgan fingerprint density at radius 3 is 2.85 bits per heavy atom. The summed E-state index contributed by atoms with van der Waals surface area (Å²) >= 11 is 1.58. The molecule has 20 heavy (non-hydrogen) atoms. The molecule has 6 heteroatoms. The summed E-state index contributed by atoms with van der Waals surface area (Å²) in [5.41, 5.74) is 2.50. The summed E-state index contributed by atoms with van der Waals surface area (Å²) in [6.07, 6.45) is 1.16. The average Bonchev–Trinajstić information content (AvgIpc) is 2.99. The lowest BCUT2D eigenvalue weighted by atomic mass is 10.1. The first kappa shape index (κ1) is 14.8. The van der Waals surface area contributed by atoms with Crippen LogP contribution in [0.5, 0.6) is 11.5 Å². The molecule has 0 aliphatic rings. The highest BCUT2D eigenvalue weighted by Crippen LogP contribution is 2.29. The van der Waals surface area contributed by atoms with Crippen molar-refractivity contribution in [3.63, 3.8) is 0 Å². The first-order chi connectivity index (χ1) is 9.74. The van der Waals surface area contributed by atoms with Crippen molar-refractivity contribution in [3.05, 3.63) is 40.3 Å². The van der Waals surface area contributed by atoms with Gasteiger partial charge in [-0.3, -0.25) is 4.98 Å². The minimum absolute atomic E-state index is 0.432. The number of hydrogen-bond donors (Lipinski definition) is 2. The third-order valence-corrected chi connectivity index (χ3v) is 3.70. The van der Waals surface area contributed by atoms with Crippen molar-refractivity contribution in [2.75, 3.05) is 20.8 Å². The molecule has 5 nitrogen and oxygen atoms in total. The molecule has 1 heterocycles. The second-order valence-electron chi connectivity index (χ2n) is 4.22. The van der Waals surface area contributed by atoms with Crippen molar-refractivity contribution in [2.24, 2.45) is 0 Å². The molecule has 2 N–H and O–H groups in total. The third kappa shape index (κ3) is 3.69. The number of methoxy groups -OCH3 is 2. The standard InChI is InChI=1S/C14H18N2O3S/c1-18-10-3-4-14(19-2)12(5-10)13(17)8-15-6-11-7-16-9-20-11/h3-5,7,9,13,15,17H,6,8H2,1-2H3.